The maximum atomic E-state index is 8.89. The van der Waals surface area contributed by atoms with Crippen LogP contribution in [0.15, 0.2) is 30.3 Å². The summed E-state index contributed by atoms with van der Waals surface area (Å²) < 4.78 is 2.02. The molecular formula is C16H15ClN2S. The average Bonchev–Trinajstić information content (AvgIpc) is 2.75. The topological polar surface area (TPSA) is 28.7 Å². The van der Waals surface area contributed by atoms with Crippen molar-refractivity contribution in [3.63, 3.8) is 0 Å². The van der Waals surface area contributed by atoms with Gasteiger partial charge in [-0.3, -0.25) is 0 Å². The molecule has 0 saturated heterocycles. The summed E-state index contributed by atoms with van der Waals surface area (Å²) in [6, 6.07) is 12.1. The van der Waals surface area contributed by atoms with Crippen LogP contribution in [-0.4, -0.2) is 9.43 Å². The van der Waals surface area contributed by atoms with Gasteiger partial charge in [-0.05, 0) is 25.5 Å². The van der Waals surface area contributed by atoms with Gasteiger partial charge < -0.3 is 4.57 Å². The van der Waals surface area contributed by atoms with Gasteiger partial charge in [-0.25, -0.2) is 0 Å². The third-order valence-electron chi connectivity index (χ3n) is 3.24. The minimum atomic E-state index is 0.337. The van der Waals surface area contributed by atoms with E-state index in [0.717, 1.165) is 28.4 Å². The Balaban J connectivity index is 2.49. The zero-order chi connectivity index (χ0) is 14.7. The van der Waals surface area contributed by atoms with Crippen LogP contribution in [0.25, 0.3) is 0 Å². The number of rotatable bonds is 4. The molecule has 1 aromatic heterocycles. The molecule has 1 heterocycles. The van der Waals surface area contributed by atoms with Crippen LogP contribution in [0.4, 0.5) is 0 Å². The van der Waals surface area contributed by atoms with E-state index in [4.69, 9.17) is 29.1 Å². The standard InChI is InChI=1S/C16H15ClN2S/c1-3-19-13(8-9-18)10-14(17)15(19)16(20)12-6-4-11(2)5-7-12/h4-7,10H,3,8H2,1-2H3. The van der Waals surface area contributed by atoms with Crippen LogP contribution in [-0.2, 0) is 13.0 Å². The van der Waals surface area contributed by atoms with Gasteiger partial charge in [-0.15, -0.1) is 0 Å². The lowest BCUT2D eigenvalue weighted by Gasteiger charge is -2.11. The van der Waals surface area contributed by atoms with E-state index in [1.54, 1.807) is 0 Å². The van der Waals surface area contributed by atoms with Crippen molar-refractivity contribution >= 4 is 28.7 Å². The summed E-state index contributed by atoms with van der Waals surface area (Å²) in [5, 5.41) is 9.50. The third kappa shape index (κ3) is 2.77. The van der Waals surface area contributed by atoms with Crippen molar-refractivity contribution in [1.82, 2.24) is 4.57 Å². The molecule has 0 radical (unpaired) electrons. The highest BCUT2D eigenvalue weighted by Crippen LogP contribution is 2.25. The fourth-order valence-electron chi connectivity index (χ4n) is 2.23. The van der Waals surface area contributed by atoms with Crippen molar-refractivity contribution in [2.24, 2.45) is 0 Å². The van der Waals surface area contributed by atoms with Gasteiger partial charge in [0, 0.05) is 12.2 Å². The van der Waals surface area contributed by atoms with Crippen LogP contribution in [0.5, 0.6) is 0 Å². The normalized spacial score (nSPS) is 10.3. The first-order chi connectivity index (χ1) is 9.58. The van der Waals surface area contributed by atoms with Gasteiger partial charge in [-0.2, -0.15) is 5.26 Å². The molecule has 1 aromatic carbocycles. The van der Waals surface area contributed by atoms with Crippen molar-refractivity contribution < 1.29 is 0 Å². The Bertz CT molecular complexity index is 678. The smallest absolute Gasteiger partial charge is 0.0788 e. The molecule has 0 unspecified atom stereocenters. The Hall–Kier alpha value is -1.63. The zero-order valence-electron chi connectivity index (χ0n) is 11.5. The number of hydrogen-bond acceptors (Lipinski definition) is 2. The molecule has 102 valence electrons. The van der Waals surface area contributed by atoms with E-state index in [2.05, 4.69) is 6.07 Å². The number of hydrogen-bond donors (Lipinski definition) is 0. The van der Waals surface area contributed by atoms with Crippen LogP contribution in [0.2, 0.25) is 5.02 Å². The molecule has 0 saturated carbocycles. The number of benzene rings is 1. The highest BCUT2D eigenvalue weighted by atomic mass is 35.5. The first kappa shape index (κ1) is 14.8. The average molecular weight is 303 g/mol. The largest absolute Gasteiger partial charge is 0.342 e. The summed E-state index contributed by atoms with van der Waals surface area (Å²) >= 11 is 11.9. The summed E-state index contributed by atoms with van der Waals surface area (Å²) in [5.41, 5.74) is 3.91. The van der Waals surface area contributed by atoms with Gasteiger partial charge in [0.1, 0.15) is 0 Å². The zero-order valence-corrected chi connectivity index (χ0v) is 13.1. The van der Waals surface area contributed by atoms with E-state index >= 15 is 0 Å². The second kappa shape index (κ2) is 6.21. The SMILES string of the molecule is CCn1c(CC#N)cc(Cl)c1C(=S)c1ccc(C)cc1. The maximum Gasteiger partial charge on any atom is 0.0788 e. The number of aryl methyl sites for hydroxylation is 1. The Morgan fingerprint density at radius 1 is 1.35 bits per heavy atom. The number of halogens is 1. The molecule has 0 bridgehead atoms. The van der Waals surface area contributed by atoms with Gasteiger partial charge in [0.15, 0.2) is 0 Å². The molecule has 2 aromatic rings. The van der Waals surface area contributed by atoms with Crippen LogP contribution < -0.4 is 0 Å². The molecule has 0 fully saturated rings. The Kier molecular flexibility index (Phi) is 4.59. The lowest BCUT2D eigenvalue weighted by Crippen LogP contribution is -2.11. The van der Waals surface area contributed by atoms with E-state index in [-0.39, 0.29) is 0 Å². The molecule has 4 heteroatoms. The Labute approximate surface area is 129 Å². The van der Waals surface area contributed by atoms with Gasteiger partial charge in [0.25, 0.3) is 0 Å². The van der Waals surface area contributed by atoms with Crippen LogP contribution in [0, 0.1) is 18.3 Å². The minimum absolute atomic E-state index is 0.337. The van der Waals surface area contributed by atoms with Crippen molar-refractivity contribution in [1.29, 1.82) is 5.26 Å². The van der Waals surface area contributed by atoms with E-state index in [1.807, 2.05) is 48.7 Å². The van der Waals surface area contributed by atoms with Crippen molar-refractivity contribution in [3.05, 3.63) is 57.9 Å². The molecule has 20 heavy (non-hydrogen) atoms. The molecule has 0 aliphatic carbocycles. The van der Waals surface area contributed by atoms with Gasteiger partial charge in [0.05, 0.1) is 28.1 Å². The summed E-state index contributed by atoms with van der Waals surface area (Å²) in [5.74, 6) is 0. The predicted octanol–water partition coefficient (Wildman–Crippen LogP) is 4.30. The summed E-state index contributed by atoms with van der Waals surface area (Å²) in [6.45, 7) is 4.81. The molecule has 2 nitrogen and oxygen atoms in total. The van der Waals surface area contributed by atoms with E-state index in [0.29, 0.717) is 11.4 Å². The summed E-state index contributed by atoms with van der Waals surface area (Å²) in [7, 11) is 0. The number of nitrogens with zero attached hydrogens (tertiary/aromatic N) is 2. The minimum Gasteiger partial charge on any atom is -0.342 e. The van der Waals surface area contributed by atoms with Crippen LogP contribution >= 0.6 is 23.8 Å². The molecule has 0 spiro atoms. The number of nitriles is 1. The fourth-order valence-corrected chi connectivity index (χ4v) is 2.96. The maximum absolute atomic E-state index is 8.89. The molecule has 0 amide bonds. The van der Waals surface area contributed by atoms with E-state index in [9.17, 15) is 0 Å². The second-order valence-corrected chi connectivity index (χ2v) is 5.42. The van der Waals surface area contributed by atoms with Crippen LogP contribution in [0.3, 0.4) is 0 Å². The third-order valence-corrected chi connectivity index (χ3v) is 3.96. The Morgan fingerprint density at radius 3 is 2.55 bits per heavy atom. The van der Waals surface area contributed by atoms with E-state index in [1.165, 1.54) is 5.56 Å². The van der Waals surface area contributed by atoms with Crippen molar-refractivity contribution in [3.8, 4) is 6.07 Å². The second-order valence-electron chi connectivity index (χ2n) is 4.61. The van der Waals surface area contributed by atoms with Gasteiger partial charge in [-0.1, -0.05) is 53.6 Å². The molecular weight excluding hydrogens is 288 g/mol. The van der Waals surface area contributed by atoms with Crippen LogP contribution in [0.1, 0.15) is 29.4 Å². The van der Waals surface area contributed by atoms with Crippen molar-refractivity contribution in [2.45, 2.75) is 26.8 Å². The molecule has 0 aliphatic rings. The van der Waals surface area contributed by atoms with E-state index < -0.39 is 0 Å². The lowest BCUT2D eigenvalue weighted by atomic mass is 10.1. The lowest BCUT2D eigenvalue weighted by molar-refractivity contribution is 0.727. The fraction of sp³-hybridized carbons (Fsp3) is 0.250. The summed E-state index contributed by atoms with van der Waals surface area (Å²) in [6.07, 6.45) is 0.337. The monoisotopic (exact) mass is 302 g/mol. The summed E-state index contributed by atoms with van der Waals surface area (Å²) in [4.78, 5) is 0.723. The highest BCUT2D eigenvalue weighted by molar-refractivity contribution is 7.81. The van der Waals surface area contributed by atoms with Gasteiger partial charge in [0.2, 0.25) is 0 Å². The predicted molar refractivity (Wildman–Crippen MR) is 86.4 cm³/mol. The van der Waals surface area contributed by atoms with Crippen molar-refractivity contribution in [2.75, 3.05) is 0 Å². The molecule has 2 rings (SSSR count). The number of aromatic nitrogens is 1. The molecule has 0 atom stereocenters. The number of thiocarbonyl (C=S) groups is 1. The first-order valence-corrected chi connectivity index (χ1v) is 7.23. The highest BCUT2D eigenvalue weighted by Gasteiger charge is 2.17. The molecule has 0 aliphatic heterocycles. The van der Waals surface area contributed by atoms with Gasteiger partial charge >= 0.3 is 0 Å². The molecule has 0 N–H and O–H groups in total. The Morgan fingerprint density at radius 2 is 2.00 bits per heavy atom. The quantitative estimate of drug-likeness (QED) is 0.622. The first-order valence-electron chi connectivity index (χ1n) is 6.44.